The van der Waals surface area contributed by atoms with E-state index in [9.17, 15) is 4.39 Å². The van der Waals surface area contributed by atoms with Crippen LogP contribution in [-0.4, -0.2) is 12.5 Å². The fourth-order valence-corrected chi connectivity index (χ4v) is 3.07. The Balaban J connectivity index is 0.00000155. The van der Waals surface area contributed by atoms with Crippen molar-refractivity contribution in [2.75, 3.05) is 12.5 Å². The lowest BCUT2D eigenvalue weighted by Crippen LogP contribution is -2.03. The van der Waals surface area contributed by atoms with Crippen molar-refractivity contribution in [3.8, 4) is 22.6 Å². The van der Waals surface area contributed by atoms with Crippen LogP contribution < -0.4 is 9.47 Å². The van der Waals surface area contributed by atoms with E-state index in [2.05, 4.69) is 13.0 Å². The van der Waals surface area contributed by atoms with E-state index in [-0.39, 0.29) is 5.82 Å². The van der Waals surface area contributed by atoms with Gasteiger partial charge in [-0.2, -0.15) is 0 Å². The molecular formula is C26H30ClFO2. The van der Waals surface area contributed by atoms with Crippen molar-refractivity contribution < 1.29 is 13.9 Å². The fourth-order valence-electron chi connectivity index (χ4n) is 2.96. The van der Waals surface area contributed by atoms with E-state index in [1.807, 2.05) is 50.2 Å². The third-order valence-electron chi connectivity index (χ3n) is 4.47. The molecule has 0 spiro atoms. The van der Waals surface area contributed by atoms with Crippen LogP contribution in [0.5, 0.6) is 11.5 Å². The maximum absolute atomic E-state index is 13.4. The zero-order valence-corrected chi connectivity index (χ0v) is 18.7. The second-order valence-corrected chi connectivity index (χ2v) is 6.86. The summed E-state index contributed by atoms with van der Waals surface area (Å²) in [5.74, 6) is 1.83. The quantitative estimate of drug-likeness (QED) is 0.257. The van der Waals surface area contributed by atoms with Gasteiger partial charge in [0, 0.05) is 17.5 Å². The van der Waals surface area contributed by atoms with Gasteiger partial charge in [0.15, 0.2) is 0 Å². The summed E-state index contributed by atoms with van der Waals surface area (Å²) in [6.07, 6.45) is 1.61. The molecule has 0 saturated heterocycles. The van der Waals surface area contributed by atoms with Gasteiger partial charge >= 0.3 is 0 Å². The van der Waals surface area contributed by atoms with Gasteiger partial charge < -0.3 is 9.47 Å². The van der Waals surface area contributed by atoms with Crippen LogP contribution in [0.15, 0.2) is 66.7 Å². The van der Waals surface area contributed by atoms with Crippen molar-refractivity contribution >= 4 is 11.6 Å². The number of benzene rings is 3. The van der Waals surface area contributed by atoms with Gasteiger partial charge in [-0.15, -0.1) is 11.6 Å². The Kier molecular flexibility index (Phi) is 10.2. The highest BCUT2D eigenvalue weighted by Gasteiger charge is 2.14. The molecule has 0 aromatic heterocycles. The van der Waals surface area contributed by atoms with Crippen molar-refractivity contribution in [2.45, 2.75) is 40.2 Å². The summed E-state index contributed by atoms with van der Waals surface area (Å²) < 4.78 is 25.5. The summed E-state index contributed by atoms with van der Waals surface area (Å²) in [7, 11) is 0. The maximum atomic E-state index is 13.4. The van der Waals surface area contributed by atoms with E-state index in [4.69, 9.17) is 21.1 Å². The van der Waals surface area contributed by atoms with Gasteiger partial charge in [0.1, 0.15) is 23.9 Å². The maximum Gasteiger partial charge on any atom is 0.131 e. The van der Waals surface area contributed by atoms with Crippen LogP contribution in [0.3, 0.4) is 0 Å². The Hall–Kier alpha value is -2.52. The first-order chi connectivity index (χ1) is 14.7. The van der Waals surface area contributed by atoms with Gasteiger partial charge in [0.05, 0.1) is 6.61 Å². The topological polar surface area (TPSA) is 18.5 Å². The average molecular weight is 429 g/mol. The predicted molar refractivity (Wildman–Crippen MR) is 124 cm³/mol. The highest BCUT2D eigenvalue weighted by atomic mass is 35.5. The number of rotatable bonds is 9. The van der Waals surface area contributed by atoms with Crippen LogP contribution in [0.1, 0.15) is 38.3 Å². The van der Waals surface area contributed by atoms with Gasteiger partial charge in [-0.1, -0.05) is 63.2 Å². The molecule has 0 aliphatic rings. The zero-order chi connectivity index (χ0) is 21.8. The third kappa shape index (κ3) is 6.77. The van der Waals surface area contributed by atoms with Crippen molar-refractivity contribution in [2.24, 2.45) is 0 Å². The molecule has 0 unspecified atom stereocenters. The summed E-state index contributed by atoms with van der Waals surface area (Å²) in [5, 5.41) is 0. The molecule has 4 heteroatoms. The normalized spacial score (nSPS) is 10.2. The Bertz CT molecular complexity index is 880. The Morgan fingerprint density at radius 2 is 1.57 bits per heavy atom. The van der Waals surface area contributed by atoms with Crippen LogP contribution in [0.25, 0.3) is 11.1 Å². The second-order valence-electron chi connectivity index (χ2n) is 6.48. The predicted octanol–water partition coefficient (Wildman–Crippen LogP) is 7.67. The third-order valence-corrected chi connectivity index (χ3v) is 4.74. The number of aryl methyl sites for hydroxylation is 1. The summed E-state index contributed by atoms with van der Waals surface area (Å²) in [6.45, 7) is 7.09. The Morgan fingerprint density at radius 3 is 2.20 bits per heavy atom. The van der Waals surface area contributed by atoms with Gasteiger partial charge in [-0.05, 0) is 47.7 Å². The summed E-state index contributed by atoms with van der Waals surface area (Å²) in [6, 6.07) is 20.5. The molecule has 0 aliphatic heterocycles. The van der Waals surface area contributed by atoms with Crippen LogP contribution in [0.2, 0.25) is 0 Å². The van der Waals surface area contributed by atoms with Crippen molar-refractivity contribution in [3.05, 3.63) is 83.7 Å². The van der Waals surface area contributed by atoms with E-state index >= 15 is 0 Å². The molecule has 3 aromatic carbocycles. The molecule has 0 atom stereocenters. The van der Waals surface area contributed by atoms with Crippen molar-refractivity contribution in [3.63, 3.8) is 0 Å². The number of alkyl halides is 1. The number of hydrogen-bond donors (Lipinski definition) is 0. The van der Waals surface area contributed by atoms with E-state index in [0.717, 1.165) is 40.8 Å². The number of ether oxygens (including phenoxy) is 2. The van der Waals surface area contributed by atoms with E-state index in [1.54, 1.807) is 12.1 Å². The number of halogens is 2. The van der Waals surface area contributed by atoms with Crippen LogP contribution >= 0.6 is 11.6 Å². The molecule has 0 aliphatic carbocycles. The lowest BCUT2D eigenvalue weighted by molar-refractivity contribution is 0.294. The second kappa shape index (κ2) is 12.9. The van der Waals surface area contributed by atoms with Crippen LogP contribution in [0.4, 0.5) is 4.39 Å². The molecular weight excluding hydrogens is 399 g/mol. The first-order valence-corrected chi connectivity index (χ1v) is 11.0. The molecule has 2 nitrogen and oxygen atoms in total. The highest BCUT2D eigenvalue weighted by molar-refractivity contribution is 6.17. The molecule has 0 heterocycles. The van der Waals surface area contributed by atoms with Gasteiger partial charge in [0.2, 0.25) is 0 Å². The standard InChI is InChI=1S/C24H24ClFO2.C2H6/c1-2-19-15-22(20-9-11-21(26)12-10-20)24(16-23(19)27-14-6-13-25)28-17-18-7-4-3-5-8-18;1-2/h3-5,7-12,15-16H,2,6,13-14,17H2,1H3;1-2H3. The zero-order valence-electron chi connectivity index (χ0n) is 18.0. The smallest absolute Gasteiger partial charge is 0.131 e. The molecule has 0 N–H and O–H groups in total. The van der Waals surface area contributed by atoms with Crippen LogP contribution in [0, 0.1) is 5.82 Å². The Labute approximate surface area is 184 Å². The minimum Gasteiger partial charge on any atom is -0.493 e. The minimum atomic E-state index is -0.257. The first-order valence-electron chi connectivity index (χ1n) is 10.5. The summed E-state index contributed by atoms with van der Waals surface area (Å²) >= 11 is 5.77. The molecule has 3 rings (SSSR count). The first kappa shape index (κ1) is 23.8. The monoisotopic (exact) mass is 428 g/mol. The molecule has 30 heavy (non-hydrogen) atoms. The van der Waals surface area contributed by atoms with Crippen LogP contribution in [-0.2, 0) is 13.0 Å². The summed E-state index contributed by atoms with van der Waals surface area (Å²) in [4.78, 5) is 0. The average Bonchev–Trinajstić information content (AvgIpc) is 2.80. The fraction of sp³-hybridized carbons (Fsp3) is 0.308. The lowest BCUT2D eigenvalue weighted by Gasteiger charge is -2.17. The van der Waals surface area contributed by atoms with Crippen molar-refractivity contribution in [1.29, 1.82) is 0 Å². The lowest BCUT2D eigenvalue weighted by atomic mass is 10.00. The van der Waals surface area contributed by atoms with Gasteiger partial charge in [-0.25, -0.2) is 4.39 Å². The van der Waals surface area contributed by atoms with E-state index in [0.29, 0.717) is 24.8 Å². The van der Waals surface area contributed by atoms with E-state index < -0.39 is 0 Å². The number of hydrogen-bond acceptors (Lipinski definition) is 2. The van der Waals surface area contributed by atoms with E-state index in [1.165, 1.54) is 12.1 Å². The largest absolute Gasteiger partial charge is 0.493 e. The molecule has 0 saturated carbocycles. The van der Waals surface area contributed by atoms with Gasteiger partial charge in [-0.3, -0.25) is 0 Å². The molecule has 160 valence electrons. The molecule has 3 aromatic rings. The highest BCUT2D eigenvalue weighted by Crippen LogP contribution is 2.37. The SMILES string of the molecule is CC.CCc1cc(-c2ccc(F)cc2)c(OCc2ccccc2)cc1OCCCCl. The molecule has 0 amide bonds. The Morgan fingerprint density at radius 1 is 0.867 bits per heavy atom. The summed E-state index contributed by atoms with van der Waals surface area (Å²) in [5.41, 5.74) is 4.00. The van der Waals surface area contributed by atoms with Crippen molar-refractivity contribution in [1.82, 2.24) is 0 Å². The molecule has 0 radical (unpaired) electrons. The van der Waals surface area contributed by atoms with Gasteiger partial charge in [0.25, 0.3) is 0 Å². The minimum absolute atomic E-state index is 0.257. The molecule has 0 bridgehead atoms. The molecule has 0 fully saturated rings.